The van der Waals surface area contributed by atoms with Crippen LogP contribution >= 0.6 is 0 Å². The summed E-state index contributed by atoms with van der Waals surface area (Å²) in [7, 11) is 0. The minimum absolute atomic E-state index is 0.292. The first kappa shape index (κ1) is 15.8. The number of aromatic nitrogens is 2. The van der Waals surface area contributed by atoms with Crippen molar-refractivity contribution in [2.75, 3.05) is 0 Å². The van der Waals surface area contributed by atoms with Crippen LogP contribution in [0.5, 0.6) is 0 Å². The van der Waals surface area contributed by atoms with Crippen molar-refractivity contribution >= 4 is 11.9 Å². The van der Waals surface area contributed by atoms with E-state index in [2.05, 4.69) is 10.4 Å². The number of nitrogens with one attached hydrogen (secondary N) is 1. The molecule has 22 heavy (non-hydrogen) atoms. The van der Waals surface area contributed by atoms with E-state index in [1.807, 2.05) is 30.3 Å². The fraction of sp³-hybridized carbons (Fsp3) is 0.312. The van der Waals surface area contributed by atoms with E-state index in [9.17, 15) is 14.7 Å². The highest BCUT2D eigenvalue weighted by molar-refractivity contribution is 5.98. The van der Waals surface area contributed by atoms with Gasteiger partial charge in [0.25, 0.3) is 5.91 Å². The number of amides is 1. The van der Waals surface area contributed by atoms with Crippen molar-refractivity contribution in [1.29, 1.82) is 0 Å². The number of para-hydroxylation sites is 1. The van der Waals surface area contributed by atoms with Crippen molar-refractivity contribution in [3.63, 3.8) is 0 Å². The van der Waals surface area contributed by atoms with E-state index in [4.69, 9.17) is 0 Å². The molecule has 1 heterocycles. The molecule has 0 bridgehead atoms. The van der Waals surface area contributed by atoms with Crippen molar-refractivity contribution in [2.24, 2.45) is 0 Å². The zero-order valence-corrected chi connectivity index (χ0v) is 12.8. The summed E-state index contributed by atoms with van der Waals surface area (Å²) in [5.74, 6) is -1.50. The number of nitrogens with zero attached hydrogens (tertiary/aromatic N) is 2. The van der Waals surface area contributed by atoms with Gasteiger partial charge in [0.05, 0.1) is 16.9 Å². The summed E-state index contributed by atoms with van der Waals surface area (Å²) < 4.78 is 1.61. The minimum atomic E-state index is -1.29. The lowest BCUT2D eigenvalue weighted by molar-refractivity contribution is -0.143. The zero-order chi connectivity index (χ0) is 16.3. The Bertz CT molecular complexity index is 694. The molecule has 1 aromatic carbocycles. The molecule has 6 nitrogen and oxygen atoms in total. The second kappa shape index (κ2) is 6.01. The second-order valence-corrected chi connectivity index (χ2v) is 5.35. The summed E-state index contributed by atoms with van der Waals surface area (Å²) in [6.07, 6.45) is 1.90. The molecule has 1 amide bonds. The van der Waals surface area contributed by atoms with Gasteiger partial charge >= 0.3 is 5.97 Å². The Morgan fingerprint density at radius 3 is 2.50 bits per heavy atom. The van der Waals surface area contributed by atoms with Crippen molar-refractivity contribution < 1.29 is 14.7 Å². The average molecular weight is 301 g/mol. The number of carbonyl (C=O) groups excluding carboxylic acids is 1. The Hall–Kier alpha value is -2.63. The van der Waals surface area contributed by atoms with Crippen molar-refractivity contribution in [1.82, 2.24) is 15.1 Å². The summed E-state index contributed by atoms with van der Waals surface area (Å²) in [5, 5.41) is 16.1. The summed E-state index contributed by atoms with van der Waals surface area (Å²) in [5.41, 5.74) is 0.453. The van der Waals surface area contributed by atoms with E-state index in [0.717, 1.165) is 5.69 Å². The first-order chi connectivity index (χ1) is 10.4. The van der Waals surface area contributed by atoms with Crippen molar-refractivity contribution in [3.8, 4) is 5.69 Å². The van der Waals surface area contributed by atoms with Crippen LogP contribution in [0, 0.1) is 6.92 Å². The van der Waals surface area contributed by atoms with Gasteiger partial charge in [0, 0.05) is 6.20 Å². The SMILES string of the molecule is CCC(C)(NC(=O)c1cn(-c2ccccc2)nc1C)C(=O)O. The minimum Gasteiger partial charge on any atom is -0.480 e. The number of hydrogen-bond donors (Lipinski definition) is 2. The van der Waals surface area contributed by atoms with Crippen LogP contribution in [0.15, 0.2) is 36.5 Å². The Morgan fingerprint density at radius 2 is 1.95 bits per heavy atom. The molecule has 0 aliphatic heterocycles. The lowest BCUT2D eigenvalue weighted by Crippen LogP contribution is -2.51. The Balaban J connectivity index is 2.28. The third-order valence-electron chi connectivity index (χ3n) is 3.73. The van der Waals surface area contributed by atoms with E-state index >= 15 is 0 Å². The van der Waals surface area contributed by atoms with Gasteiger partial charge in [0.15, 0.2) is 0 Å². The molecule has 2 aromatic rings. The standard InChI is InChI=1S/C16H19N3O3/c1-4-16(3,15(21)22)17-14(20)13-10-19(18-11(13)2)12-8-6-5-7-9-12/h5-10H,4H2,1-3H3,(H,17,20)(H,21,22). The maximum absolute atomic E-state index is 12.4. The molecule has 0 spiro atoms. The van der Waals surface area contributed by atoms with Crippen LogP contribution in [0.1, 0.15) is 36.3 Å². The van der Waals surface area contributed by atoms with Crippen LogP contribution in [0.3, 0.4) is 0 Å². The molecule has 0 fully saturated rings. The maximum atomic E-state index is 12.4. The zero-order valence-electron chi connectivity index (χ0n) is 12.8. The Kier molecular flexibility index (Phi) is 4.30. The molecule has 0 saturated heterocycles. The maximum Gasteiger partial charge on any atom is 0.329 e. The van der Waals surface area contributed by atoms with Crippen LogP contribution < -0.4 is 5.32 Å². The summed E-state index contributed by atoms with van der Waals surface area (Å²) in [4.78, 5) is 23.7. The van der Waals surface area contributed by atoms with Gasteiger partial charge in [-0.3, -0.25) is 4.79 Å². The lowest BCUT2D eigenvalue weighted by atomic mass is 9.98. The highest BCUT2D eigenvalue weighted by atomic mass is 16.4. The molecule has 0 radical (unpaired) electrons. The molecule has 1 aromatic heterocycles. The van der Waals surface area contributed by atoms with Crippen molar-refractivity contribution in [3.05, 3.63) is 47.8 Å². The van der Waals surface area contributed by atoms with Crippen LogP contribution in [0.25, 0.3) is 5.69 Å². The number of aryl methyl sites for hydroxylation is 1. The third-order valence-corrected chi connectivity index (χ3v) is 3.73. The highest BCUT2D eigenvalue weighted by Gasteiger charge is 2.33. The van der Waals surface area contributed by atoms with E-state index in [0.29, 0.717) is 17.7 Å². The van der Waals surface area contributed by atoms with Gasteiger partial charge in [-0.25, -0.2) is 9.48 Å². The summed E-state index contributed by atoms with van der Waals surface area (Å²) >= 11 is 0. The number of benzene rings is 1. The van der Waals surface area contributed by atoms with E-state index < -0.39 is 17.4 Å². The fourth-order valence-electron chi connectivity index (χ4n) is 2.01. The van der Waals surface area contributed by atoms with Gasteiger partial charge in [-0.05, 0) is 32.4 Å². The fourth-order valence-corrected chi connectivity index (χ4v) is 2.01. The Labute approximate surface area is 128 Å². The summed E-state index contributed by atoms with van der Waals surface area (Å²) in [6.45, 7) is 4.93. The molecule has 1 unspecified atom stereocenters. The topological polar surface area (TPSA) is 84.2 Å². The van der Waals surface area contributed by atoms with Gasteiger partial charge < -0.3 is 10.4 Å². The molecule has 0 aliphatic rings. The smallest absolute Gasteiger partial charge is 0.329 e. The van der Waals surface area contributed by atoms with E-state index in [1.54, 1.807) is 24.7 Å². The largest absolute Gasteiger partial charge is 0.480 e. The summed E-state index contributed by atoms with van der Waals surface area (Å²) in [6, 6.07) is 9.41. The normalized spacial score (nSPS) is 13.4. The number of carboxylic acid groups (broad SMARTS) is 1. The molecule has 6 heteroatoms. The van der Waals surface area contributed by atoms with E-state index in [-0.39, 0.29) is 0 Å². The van der Waals surface area contributed by atoms with Gasteiger partial charge in [0.1, 0.15) is 5.54 Å². The highest BCUT2D eigenvalue weighted by Crippen LogP contribution is 2.15. The first-order valence-electron chi connectivity index (χ1n) is 7.05. The molecule has 116 valence electrons. The molecular weight excluding hydrogens is 282 g/mol. The number of hydrogen-bond acceptors (Lipinski definition) is 3. The number of carbonyl (C=O) groups is 2. The molecule has 2 N–H and O–H groups in total. The molecule has 0 aliphatic carbocycles. The quantitative estimate of drug-likeness (QED) is 0.886. The predicted molar refractivity (Wildman–Crippen MR) is 82.1 cm³/mol. The van der Waals surface area contributed by atoms with Crippen LogP contribution in [0.2, 0.25) is 0 Å². The predicted octanol–water partition coefficient (Wildman–Crippen LogP) is 2.16. The molecule has 2 rings (SSSR count). The van der Waals surface area contributed by atoms with Crippen LogP contribution in [-0.4, -0.2) is 32.3 Å². The van der Waals surface area contributed by atoms with E-state index in [1.165, 1.54) is 6.92 Å². The van der Waals surface area contributed by atoms with Crippen LogP contribution in [-0.2, 0) is 4.79 Å². The molecule has 0 saturated carbocycles. The lowest BCUT2D eigenvalue weighted by Gasteiger charge is -2.24. The van der Waals surface area contributed by atoms with Crippen molar-refractivity contribution in [2.45, 2.75) is 32.7 Å². The monoisotopic (exact) mass is 301 g/mol. The first-order valence-corrected chi connectivity index (χ1v) is 7.05. The Morgan fingerprint density at radius 1 is 1.32 bits per heavy atom. The number of aliphatic carboxylic acids is 1. The number of rotatable bonds is 5. The van der Waals surface area contributed by atoms with Gasteiger partial charge in [-0.2, -0.15) is 5.10 Å². The van der Waals surface area contributed by atoms with Gasteiger partial charge in [0.2, 0.25) is 0 Å². The number of carboxylic acids is 1. The second-order valence-electron chi connectivity index (χ2n) is 5.35. The third kappa shape index (κ3) is 3.00. The molecular formula is C16H19N3O3. The van der Waals surface area contributed by atoms with Crippen LogP contribution in [0.4, 0.5) is 0 Å². The van der Waals surface area contributed by atoms with Gasteiger partial charge in [-0.1, -0.05) is 25.1 Å². The average Bonchev–Trinajstić information content (AvgIpc) is 2.90. The molecule has 1 atom stereocenters. The van der Waals surface area contributed by atoms with Gasteiger partial charge in [-0.15, -0.1) is 0 Å².